The van der Waals surface area contributed by atoms with Gasteiger partial charge in [-0.15, -0.1) is 0 Å². The van der Waals surface area contributed by atoms with Gasteiger partial charge in [0.2, 0.25) is 0 Å². The Bertz CT molecular complexity index is 890. The van der Waals surface area contributed by atoms with Crippen LogP contribution < -0.4 is 14.8 Å². The van der Waals surface area contributed by atoms with Gasteiger partial charge in [-0.2, -0.15) is 0 Å². The number of hydrogen-bond acceptors (Lipinski definition) is 3. The lowest BCUT2D eigenvalue weighted by Gasteiger charge is -2.57. The van der Waals surface area contributed by atoms with Crippen molar-refractivity contribution in [2.45, 2.75) is 64.1 Å². The molecule has 4 fully saturated rings. The van der Waals surface area contributed by atoms with E-state index in [4.69, 9.17) is 9.47 Å². The molecule has 3 nitrogen and oxygen atoms in total. The highest BCUT2D eigenvalue weighted by molar-refractivity contribution is 9.10. The van der Waals surface area contributed by atoms with Crippen molar-refractivity contribution < 1.29 is 9.47 Å². The van der Waals surface area contributed by atoms with Crippen LogP contribution in [0, 0.1) is 24.7 Å². The second-order valence-corrected chi connectivity index (χ2v) is 10.7. The Morgan fingerprint density at radius 3 is 2.37 bits per heavy atom. The molecule has 0 spiro atoms. The van der Waals surface area contributed by atoms with Crippen LogP contribution in [0.15, 0.2) is 40.9 Å². The topological polar surface area (TPSA) is 30.5 Å². The monoisotopic (exact) mass is 469 g/mol. The minimum atomic E-state index is 0.324. The van der Waals surface area contributed by atoms with Crippen molar-refractivity contribution in [2.24, 2.45) is 17.8 Å². The summed E-state index contributed by atoms with van der Waals surface area (Å²) in [5, 5.41) is 4.02. The molecule has 4 aliphatic carbocycles. The number of nitrogens with one attached hydrogen (secondary N) is 1. The molecule has 1 N–H and O–H groups in total. The van der Waals surface area contributed by atoms with E-state index in [-0.39, 0.29) is 0 Å². The summed E-state index contributed by atoms with van der Waals surface area (Å²) in [5.41, 5.74) is 3.92. The molecule has 2 aromatic rings. The van der Waals surface area contributed by atoms with Gasteiger partial charge in [0.1, 0.15) is 6.61 Å². The lowest BCUT2D eigenvalue weighted by Crippen LogP contribution is -2.58. The quantitative estimate of drug-likeness (QED) is 0.508. The lowest BCUT2D eigenvalue weighted by atomic mass is 9.53. The number of halogens is 1. The molecule has 30 heavy (non-hydrogen) atoms. The summed E-state index contributed by atoms with van der Waals surface area (Å²) >= 11 is 3.78. The maximum absolute atomic E-state index is 6.36. The van der Waals surface area contributed by atoms with Crippen LogP contribution in [0.5, 0.6) is 11.5 Å². The highest BCUT2D eigenvalue weighted by Crippen LogP contribution is 2.55. The minimum absolute atomic E-state index is 0.324. The third-order valence-corrected chi connectivity index (χ3v) is 8.27. The number of aryl methyl sites for hydroxylation is 1. The predicted octanol–water partition coefficient (Wildman–Crippen LogP) is 6.40. The van der Waals surface area contributed by atoms with E-state index in [1.54, 1.807) is 7.11 Å². The van der Waals surface area contributed by atoms with E-state index in [1.165, 1.54) is 49.7 Å². The van der Waals surface area contributed by atoms with Crippen LogP contribution in [0.3, 0.4) is 0 Å². The van der Waals surface area contributed by atoms with Gasteiger partial charge in [0.05, 0.1) is 7.11 Å². The van der Waals surface area contributed by atoms with E-state index < -0.39 is 0 Å². The average Bonchev–Trinajstić information content (AvgIpc) is 2.70. The average molecular weight is 470 g/mol. The van der Waals surface area contributed by atoms with Crippen LogP contribution in [-0.4, -0.2) is 12.6 Å². The summed E-state index contributed by atoms with van der Waals surface area (Å²) in [7, 11) is 1.72. The second-order valence-electron chi connectivity index (χ2n) is 9.89. The standard InChI is InChI=1S/C26H32BrNO2/c1-17-4-3-5-18(8-17)16-30-25-22(23(27)6-7-24(25)29-2)15-28-26-12-19-9-20(13-26)11-21(10-19)14-26/h3-8,19-21,28H,9-16H2,1-2H3. The summed E-state index contributed by atoms with van der Waals surface area (Å²) < 4.78 is 13.1. The summed E-state index contributed by atoms with van der Waals surface area (Å²) in [6, 6.07) is 12.6. The van der Waals surface area contributed by atoms with Crippen molar-refractivity contribution in [2.75, 3.05) is 7.11 Å². The van der Waals surface area contributed by atoms with Crippen molar-refractivity contribution in [1.29, 1.82) is 0 Å². The van der Waals surface area contributed by atoms with Crippen molar-refractivity contribution in [3.05, 3.63) is 57.6 Å². The Morgan fingerprint density at radius 2 is 1.73 bits per heavy atom. The highest BCUT2D eigenvalue weighted by Gasteiger charge is 2.50. The Balaban J connectivity index is 1.36. The molecule has 0 amide bonds. The molecule has 4 heteroatoms. The second kappa shape index (κ2) is 8.20. The molecular weight excluding hydrogens is 438 g/mol. The van der Waals surface area contributed by atoms with Gasteiger partial charge in [-0.3, -0.25) is 0 Å². The van der Waals surface area contributed by atoms with E-state index in [9.17, 15) is 0 Å². The van der Waals surface area contributed by atoms with Crippen LogP contribution in [-0.2, 0) is 13.2 Å². The van der Waals surface area contributed by atoms with E-state index in [1.807, 2.05) is 6.07 Å². The van der Waals surface area contributed by atoms with Gasteiger partial charge in [-0.25, -0.2) is 0 Å². The van der Waals surface area contributed by atoms with Crippen LogP contribution in [0.25, 0.3) is 0 Å². The molecule has 0 atom stereocenters. The summed E-state index contributed by atoms with van der Waals surface area (Å²) in [6.07, 6.45) is 8.44. The maximum atomic E-state index is 6.36. The number of rotatable bonds is 7. The molecule has 0 heterocycles. The molecule has 0 unspecified atom stereocenters. The molecule has 2 aromatic carbocycles. The van der Waals surface area contributed by atoms with Gasteiger partial charge in [0.25, 0.3) is 0 Å². The molecule has 0 aromatic heterocycles. The number of benzene rings is 2. The Hall–Kier alpha value is -1.52. The van der Waals surface area contributed by atoms with Crippen LogP contribution in [0.4, 0.5) is 0 Å². The molecule has 0 aliphatic heterocycles. The van der Waals surface area contributed by atoms with Crippen molar-refractivity contribution in [1.82, 2.24) is 5.32 Å². The number of ether oxygens (including phenoxy) is 2. The summed E-state index contributed by atoms with van der Waals surface area (Å²) in [5.74, 6) is 4.47. The SMILES string of the molecule is COc1ccc(Br)c(CNC23CC4CC(CC(C4)C2)C3)c1OCc1cccc(C)c1. The van der Waals surface area contributed by atoms with E-state index >= 15 is 0 Å². The van der Waals surface area contributed by atoms with Crippen LogP contribution >= 0.6 is 15.9 Å². The molecular formula is C26H32BrNO2. The fraction of sp³-hybridized carbons (Fsp3) is 0.538. The first-order valence-corrected chi connectivity index (χ1v) is 12.1. The van der Waals surface area contributed by atoms with Crippen molar-refractivity contribution in [3.63, 3.8) is 0 Å². The summed E-state index contributed by atoms with van der Waals surface area (Å²) in [4.78, 5) is 0. The normalized spacial score (nSPS) is 29.2. The number of hydrogen-bond donors (Lipinski definition) is 1. The van der Waals surface area contributed by atoms with Gasteiger partial charge in [0, 0.05) is 22.1 Å². The fourth-order valence-electron chi connectivity index (χ4n) is 6.63. The van der Waals surface area contributed by atoms with Gasteiger partial charge in [-0.1, -0.05) is 45.8 Å². The first-order valence-electron chi connectivity index (χ1n) is 11.3. The third-order valence-electron chi connectivity index (χ3n) is 7.53. The van der Waals surface area contributed by atoms with Gasteiger partial charge in [0.15, 0.2) is 11.5 Å². The third kappa shape index (κ3) is 4.01. The zero-order chi connectivity index (χ0) is 20.7. The number of methoxy groups -OCH3 is 1. The van der Waals surface area contributed by atoms with Gasteiger partial charge >= 0.3 is 0 Å². The molecule has 4 saturated carbocycles. The Morgan fingerprint density at radius 1 is 1.03 bits per heavy atom. The zero-order valence-electron chi connectivity index (χ0n) is 18.0. The Labute approximate surface area is 188 Å². The molecule has 0 saturated heterocycles. The van der Waals surface area contributed by atoms with E-state index in [2.05, 4.69) is 58.5 Å². The smallest absolute Gasteiger partial charge is 0.167 e. The molecule has 0 radical (unpaired) electrons. The first kappa shape index (κ1) is 20.4. The largest absolute Gasteiger partial charge is 0.493 e. The molecule has 4 bridgehead atoms. The molecule has 160 valence electrons. The van der Waals surface area contributed by atoms with Crippen molar-refractivity contribution >= 4 is 15.9 Å². The van der Waals surface area contributed by atoms with Gasteiger partial charge < -0.3 is 14.8 Å². The van der Waals surface area contributed by atoms with Gasteiger partial charge in [-0.05, 0) is 80.9 Å². The van der Waals surface area contributed by atoms with Crippen LogP contribution in [0.1, 0.15) is 55.2 Å². The lowest BCUT2D eigenvalue weighted by molar-refractivity contribution is -0.0207. The predicted molar refractivity (Wildman–Crippen MR) is 124 cm³/mol. The molecule has 6 rings (SSSR count). The van der Waals surface area contributed by atoms with Crippen LogP contribution in [0.2, 0.25) is 0 Å². The Kier molecular flexibility index (Phi) is 5.57. The molecule has 4 aliphatic rings. The van der Waals surface area contributed by atoms with E-state index in [0.717, 1.165) is 45.8 Å². The highest BCUT2D eigenvalue weighted by atomic mass is 79.9. The zero-order valence-corrected chi connectivity index (χ0v) is 19.6. The first-order chi connectivity index (χ1) is 14.5. The van der Waals surface area contributed by atoms with E-state index in [0.29, 0.717) is 12.1 Å². The summed E-state index contributed by atoms with van der Waals surface area (Å²) in [6.45, 7) is 3.47. The minimum Gasteiger partial charge on any atom is -0.493 e. The maximum Gasteiger partial charge on any atom is 0.167 e. The van der Waals surface area contributed by atoms with Crippen molar-refractivity contribution in [3.8, 4) is 11.5 Å². The fourth-order valence-corrected chi connectivity index (χ4v) is 7.08.